The Kier molecular flexibility index (Phi) is 3.72. The molecule has 1 fully saturated rings. The van der Waals surface area contributed by atoms with Crippen molar-refractivity contribution in [2.24, 2.45) is 0 Å². The van der Waals surface area contributed by atoms with Crippen LogP contribution in [0.4, 0.5) is 5.69 Å². The Hall–Kier alpha value is -1.75. The third kappa shape index (κ3) is 2.41. The van der Waals surface area contributed by atoms with Gasteiger partial charge in [-0.1, -0.05) is 0 Å². The molecule has 1 heterocycles. The van der Waals surface area contributed by atoms with Crippen molar-refractivity contribution < 1.29 is 14.3 Å². The van der Waals surface area contributed by atoms with Crippen molar-refractivity contribution in [1.29, 1.82) is 0 Å². The van der Waals surface area contributed by atoms with Gasteiger partial charge in [-0.05, 0) is 11.6 Å². The van der Waals surface area contributed by atoms with E-state index in [2.05, 4.69) is 10.6 Å². The first-order valence-electron chi connectivity index (χ1n) is 5.90. The second-order valence-corrected chi connectivity index (χ2v) is 4.33. The molecule has 2 rings (SSSR count). The second kappa shape index (κ2) is 5.27. The van der Waals surface area contributed by atoms with E-state index in [-0.39, 0.29) is 5.91 Å². The molecule has 0 aromatic heterocycles. The Morgan fingerprint density at radius 3 is 2.33 bits per heavy atom. The zero-order valence-electron chi connectivity index (χ0n) is 10.9. The minimum Gasteiger partial charge on any atom is -0.493 e. The summed E-state index contributed by atoms with van der Waals surface area (Å²) in [5.74, 6) is 1.63. The van der Waals surface area contributed by atoms with Crippen LogP contribution in [0.1, 0.15) is 18.4 Å². The van der Waals surface area contributed by atoms with Crippen molar-refractivity contribution in [3.05, 3.63) is 17.7 Å². The monoisotopic (exact) mass is 250 g/mol. The summed E-state index contributed by atoms with van der Waals surface area (Å²) in [6, 6.07) is 3.75. The number of anilines is 1. The normalized spacial score (nSPS) is 14.8. The van der Waals surface area contributed by atoms with Crippen LogP contribution in [0.2, 0.25) is 0 Å². The highest BCUT2D eigenvalue weighted by Gasteiger charge is 2.24. The maximum Gasteiger partial charge on any atom is 0.221 e. The van der Waals surface area contributed by atoms with Gasteiger partial charge in [0.15, 0.2) is 11.5 Å². The SMILES string of the molecule is COc1cc(NC(C)=O)c(C2CNC2)cc1OC. The number of carbonyl (C=O) groups excluding carboxylic acids is 1. The van der Waals surface area contributed by atoms with Gasteiger partial charge in [0, 0.05) is 37.7 Å². The summed E-state index contributed by atoms with van der Waals surface area (Å²) in [7, 11) is 3.19. The van der Waals surface area contributed by atoms with Crippen LogP contribution < -0.4 is 20.1 Å². The van der Waals surface area contributed by atoms with Gasteiger partial charge in [0.25, 0.3) is 0 Å². The molecule has 5 nitrogen and oxygen atoms in total. The van der Waals surface area contributed by atoms with Crippen molar-refractivity contribution in [2.75, 3.05) is 32.6 Å². The molecule has 1 aromatic rings. The molecular weight excluding hydrogens is 232 g/mol. The van der Waals surface area contributed by atoms with Gasteiger partial charge in [-0.15, -0.1) is 0 Å². The standard InChI is InChI=1S/C13H18N2O3/c1-8(16)15-11-5-13(18-3)12(17-2)4-10(11)9-6-14-7-9/h4-5,9,14H,6-7H2,1-3H3,(H,15,16). The van der Waals surface area contributed by atoms with Crippen molar-refractivity contribution in [1.82, 2.24) is 5.32 Å². The number of amides is 1. The zero-order valence-corrected chi connectivity index (χ0v) is 10.9. The molecule has 1 aliphatic heterocycles. The summed E-state index contributed by atoms with van der Waals surface area (Å²) in [6.07, 6.45) is 0. The van der Waals surface area contributed by atoms with E-state index in [1.165, 1.54) is 6.92 Å². The summed E-state index contributed by atoms with van der Waals surface area (Å²) in [4.78, 5) is 11.2. The van der Waals surface area contributed by atoms with E-state index in [1.807, 2.05) is 12.1 Å². The largest absolute Gasteiger partial charge is 0.493 e. The van der Waals surface area contributed by atoms with Crippen LogP contribution in [0.25, 0.3) is 0 Å². The Bertz CT molecular complexity index is 456. The summed E-state index contributed by atoms with van der Waals surface area (Å²) in [5.41, 5.74) is 1.88. The predicted molar refractivity (Wildman–Crippen MR) is 69.5 cm³/mol. The number of nitrogens with one attached hydrogen (secondary N) is 2. The molecule has 2 N–H and O–H groups in total. The van der Waals surface area contributed by atoms with Gasteiger partial charge in [-0.25, -0.2) is 0 Å². The van der Waals surface area contributed by atoms with Crippen molar-refractivity contribution in [2.45, 2.75) is 12.8 Å². The Morgan fingerprint density at radius 2 is 1.89 bits per heavy atom. The topological polar surface area (TPSA) is 59.6 Å². The number of carbonyl (C=O) groups is 1. The van der Waals surface area contributed by atoms with Gasteiger partial charge in [-0.2, -0.15) is 0 Å². The number of hydrogen-bond acceptors (Lipinski definition) is 4. The fourth-order valence-electron chi connectivity index (χ4n) is 2.04. The van der Waals surface area contributed by atoms with Gasteiger partial charge >= 0.3 is 0 Å². The molecule has 0 spiro atoms. The first-order chi connectivity index (χ1) is 8.65. The summed E-state index contributed by atoms with van der Waals surface area (Å²) in [6.45, 7) is 3.34. The predicted octanol–water partition coefficient (Wildman–Crippen LogP) is 1.35. The molecule has 0 radical (unpaired) electrons. The Morgan fingerprint density at radius 1 is 1.28 bits per heavy atom. The van der Waals surface area contributed by atoms with Gasteiger partial charge in [0.05, 0.1) is 14.2 Å². The summed E-state index contributed by atoms with van der Waals surface area (Å²) >= 11 is 0. The molecule has 1 saturated heterocycles. The van der Waals surface area contributed by atoms with E-state index < -0.39 is 0 Å². The summed E-state index contributed by atoms with van der Waals surface area (Å²) in [5, 5.41) is 6.07. The van der Waals surface area contributed by atoms with Crippen molar-refractivity contribution in [3.8, 4) is 11.5 Å². The van der Waals surface area contributed by atoms with Crippen molar-refractivity contribution in [3.63, 3.8) is 0 Å². The molecule has 1 aliphatic rings. The van der Waals surface area contributed by atoms with Crippen LogP contribution >= 0.6 is 0 Å². The molecule has 98 valence electrons. The molecule has 5 heteroatoms. The highest BCUT2D eigenvalue weighted by atomic mass is 16.5. The van der Waals surface area contributed by atoms with Gasteiger partial charge in [0.2, 0.25) is 5.91 Å². The fraction of sp³-hybridized carbons (Fsp3) is 0.462. The van der Waals surface area contributed by atoms with E-state index >= 15 is 0 Å². The first-order valence-corrected chi connectivity index (χ1v) is 5.90. The highest BCUT2D eigenvalue weighted by Crippen LogP contribution is 2.37. The maximum atomic E-state index is 11.2. The van der Waals surface area contributed by atoms with Gasteiger partial charge in [-0.3, -0.25) is 4.79 Å². The van der Waals surface area contributed by atoms with Crippen LogP contribution in [0.15, 0.2) is 12.1 Å². The molecule has 18 heavy (non-hydrogen) atoms. The lowest BCUT2D eigenvalue weighted by atomic mass is 9.91. The molecule has 1 aromatic carbocycles. The molecule has 0 bridgehead atoms. The molecular formula is C13H18N2O3. The van der Waals surface area contributed by atoms with Crippen LogP contribution in [-0.4, -0.2) is 33.2 Å². The number of methoxy groups -OCH3 is 2. The molecule has 0 aliphatic carbocycles. The van der Waals surface area contributed by atoms with E-state index in [9.17, 15) is 4.79 Å². The zero-order chi connectivity index (χ0) is 13.1. The van der Waals surface area contributed by atoms with E-state index in [0.29, 0.717) is 17.4 Å². The minimum atomic E-state index is -0.0873. The smallest absolute Gasteiger partial charge is 0.221 e. The number of ether oxygens (including phenoxy) is 2. The molecule has 0 saturated carbocycles. The van der Waals surface area contributed by atoms with E-state index in [0.717, 1.165) is 24.3 Å². The number of rotatable bonds is 4. The Labute approximate surface area is 106 Å². The average molecular weight is 250 g/mol. The highest BCUT2D eigenvalue weighted by molar-refractivity contribution is 5.90. The maximum absolute atomic E-state index is 11.2. The lowest BCUT2D eigenvalue weighted by molar-refractivity contribution is -0.114. The second-order valence-electron chi connectivity index (χ2n) is 4.33. The molecule has 1 amide bonds. The fourth-order valence-corrected chi connectivity index (χ4v) is 2.04. The first kappa shape index (κ1) is 12.7. The van der Waals surface area contributed by atoms with E-state index in [4.69, 9.17) is 9.47 Å². The molecule has 0 atom stereocenters. The average Bonchev–Trinajstić information content (AvgIpc) is 2.27. The van der Waals surface area contributed by atoms with Crippen LogP contribution in [-0.2, 0) is 4.79 Å². The third-order valence-corrected chi connectivity index (χ3v) is 3.09. The Balaban J connectivity index is 2.42. The van der Waals surface area contributed by atoms with E-state index in [1.54, 1.807) is 14.2 Å². The lowest BCUT2D eigenvalue weighted by Gasteiger charge is -2.30. The van der Waals surface area contributed by atoms with Crippen LogP contribution in [0, 0.1) is 0 Å². The third-order valence-electron chi connectivity index (χ3n) is 3.09. The number of benzene rings is 1. The van der Waals surface area contributed by atoms with Gasteiger partial charge in [0.1, 0.15) is 0 Å². The van der Waals surface area contributed by atoms with Crippen molar-refractivity contribution >= 4 is 11.6 Å². The quantitative estimate of drug-likeness (QED) is 0.847. The lowest BCUT2D eigenvalue weighted by Crippen LogP contribution is -2.40. The van der Waals surface area contributed by atoms with Crippen LogP contribution in [0.3, 0.4) is 0 Å². The summed E-state index contributed by atoms with van der Waals surface area (Å²) < 4.78 is 10.6. The molecule has 0 unspecified atom stereocenters. The number of hydrogen-bond donors (Lipinski definition) is 2. The van der Waals surface area contributed by atoms with Gasteiger partial charge < -0.3 is 20.1 Å². The minimum absolute atomic E-state index is 0.0873. The van der Waals surface area contributed by atoms with Crippen LogP contribution in [0.5, 0.6) is 11.5 Å².